The van der Waals surface area contributed by atoms with E-state index in [1.165, 1.54) is 116 Å². The Labute approximate surface area is 506 Å². The topological polar surface area (TPSA) is 78.9 Å². The number of unbranched alkanes of at least 4 members (excludes halogenated alkanes) is 25. The van der Waals surface area contributed by atoms with Gasteiger partial charge >= 0.3 is 17.9 Å². The van der Waals surface area contributed by atoms with Crippen LogP contribution in [0.5, 0.6) is 0 Å². The second kappa shape index (κ2) is 68.8. The summed E-state index contributed by atoms with van der Waals surface area (Å²) >= 11 is 0. The SMILES string of the molecule is CC/C=C\C/C=C\C/C=C\C/C=C\C/C=C\C/C=C\C/C=C\CCCCCCCCCCCCCCCC(=O)OCC(COC(=O)CCCCCCCC)OC(=O)CCCCCCCCC/C=C\C/C=C\C/C=C\C/C=C\C/C=C\CC. The minimum Gasteiger partial charge on any atom is -0.462 e. The van der Waals surface area contributed by atoms with Crippen LogP contribution < -0.4 is 0 Å². The standard InChI is InChI=1S/C76H124O6/c1-4-7-10-13-16-18-20-22-24-26-28-30-32-33-34-35-36-37-38-39-40-41-42-43-45-46-48-50-52-54-56-58-60-63-66-69-75(78)81-72-73(71-80-74(77)68-65-62-15-12-9-6-3)82-76(79)70-67-64-61-59-57-55-53-51-49-47-44-31-29-27-25-23-21-19-17-14-11-8-5-2/h7-8,10-11,16-19,22-25,28-31,33-34,36-37,39-40,47,49,73H,4-6,9,12-15,20-21,26-27,32,35,38,41-46,48,50-72H2,1-3H3/b10-7-,11-8-,18-16-,19-17-,24-22-,25-23-,30-28-,31-29-,34-33-,37-36-,40-39-,49-47-. The summed E-state index contributed by atoms with van der Waals surface area (Å²) in [5, 5.41) is 0. The van der Waals surface area contributed by atoms with E-state index in [1.807, 2.05) is 0 Å². The van der Waals surface area contributed by atoms with Crippen LogP contribution in [0.25, 0.3) is 0 Å². The monoisotopic (exact) mass is 1130 g/mol. The Morgan fingerprint density at radius 3 is 0.744 bits per heavy atom. The maximum absolute atomic E-state index is 12.9. The van der Waals surface area contributed by atoms with Crippen LogP contribution >= 0.6 is 0 Å². The fraction of sp³-hybridized carbons (Fsp3) is 0.645. The zero-order valence-electron chi connectivity index (χ0n) is 53.2. The van der Waals surface area contributed by atoms with Gasteiger partial charge < -0.3 is 14.2 Å². The molecule has 82 heavy (non-hydrogen) atoms. The summed E-state index contributed by atoms with van der Waals surface area (Å²) in [5.41, 5.74) is 0. The molecule has 0 aliphatic carbocycles. The van der Waals surface area contributed by atoms with Crippen molar-refractivity contribution in [3.05, 3.63) is 146 Å². The number of carbonyl (C=O) groups is 3. The highest BCUT2D eigenvalue weighted by Gasteiger charge is 2.19. The Balaban J connectivity index is 4.08. The van der Waals surface area contributed by atoms with Gasteiger partial charge in [-0.15, -0.1) is 0 Å². The number of allylic oxidation sites excluding steroid dienone is 24. The minimum absolute atomic E-state index is 0.0849. The Morgan fingerprint density at radius 1 is 0.256 bits per heavy atom. The van der Waals surface area contributed by atoms with E-state index in [0.29, 0.717) is 19.3 Å². The lowest BCUT2D eigenvalue weighted by Crippen LogP contribution is -2.30. The molecule has 0 saturated heterocycles. The van der Waals surface area contributed by atoms with Crippen molar-refractivity contribution in [2.75, 3.05) is 13.2 Å². The summed E-state index contributed by atoms with van der Waals surface area (Å²) in [7, 11) is 0. The van der Waals surface area contributed by atoms with E-state index in [2.05, 4.69) is 167 Å². The molecule has 0 aliphatic rings. The molecule has 0 fully saturated rings. The largest absolute Gasteiger partial charge is 0.462 e. The summed E-state index contributed by atoms with van der Waals surface area (Å²) in [4.78, 5) is 38.1. The summed E-state index contributed by atoms with van der Waals surface area (Å²) in [6.07, 6.45) is 99.0. The molecule has 0 rings (SSSR count). The molecule has 6 nitrogen and oxygen atoms in total. The molecule has 0 aliphatic heterocycles. The van der Waals surface area contributed by atoms with Crippen LogP contribution in [0.3, 0.4) is 0 Å². The third-order valence-corrected chi connectivity index (χ3v) is 14.1. The average Bonchev–Trinajstić information content (AvgIpc) is 3.47. The molecule has 464 valence electrons. The highest BCUT2D eigenvalue weighted by molar-refractivity contribution is 5.71. The van der Waals surface area contributed by atoms with Crippen LogP contribution in [-0.2, 0) is 28.6 Å². The van der Waals surface area contributed by atoms with Crippen molar-refractivity contribution >= 4 is 17.9 Å². The van der Waals surface area contributed by atoms with Gasteiger partial charge in [-0.05, 0) is 122 Å². The van der Waals surface area contributed by atoms with Gasteiger partial charge in [0.25, 0.3) is 0 Å². The first-order valence-corrected chi connectivity index (χ1v) is 33.8. The second-order valence-corrected chi connectivity index (χ2v) is 22.0. The van der Waals surface area contributed by atoms with E-state index in [-0.39, 0.29) is 31.1 Å². The van der Waals surface area contributed by atoms with E-state index in [9.17, 15) is 14.4 Å². The second-order valence-electron chi connectivity index (χ2n) is 22.0. The third kappa shape index (κ3) is 66.1. The summed E-state index contributed by atoms with van der Waals surface area (Å²) < 4.78 is 16.8. The molecule has 0 N–H and O–H groups in total. The predicted octanol–water partition coefficient (Wildman–Crippen LogP) is 23.5. The zero-order valence-corrected chi connectivity index (χ0v) is 53.2. The maximum Gasteiger partial charge on any atom is 0.306 e. The van der Waals surface area contributed by atoms with Gasteiger partial charge in [0.15, 0.2) is 6.10 Å². The first-order valence-electron chi connectivity index (χ1n) is 33.8. The number of rotatable bonds is 60. The predicted molar refractivity (Wildman–Crippen MR) is 357 cm³/mol. The zero-order chi connectivity index (χ0) is 59.2. The van der Waals surface area contributed by atoms with E-state index in [1.54, 1.807) is 0 Å². The number of carbonyl (C=O) groups excluding carboxylic acids is 3. The lowest BCUT2D eigenvalue weighted by atomic mass is 10.0. The smallest absolute Gasteiger partial charge is 0.306 e. The molecule has 1 unspecified atom stereocenters. The van der Waals surface area contributed by atoms with Crippen molar-refractivity contribution < 1.29 is 28.6 Å². The minimum atomic E-state index is -0.786. The number of ether oxygens (including phenoxy) is 3. The fourth-order valence-electron chi connectivity index (χ4n) is 9.10. The fourth-order valence-corrected chi connectivity index (χ4v) is 9.10. The van der Waals surface area contributed by atoms with Crippen molar-refractivity contribution in [2.24, 2.45) is 0 Å². The molecule has 6 heteroatoms. The van der Waals surface area contributed by atoms with Crippen molar-refractivity contribution in [1.82, 2.24) is 0 Å². The lowest BCUT2D eigenvalue weighted by Gasteiger charge is -2.18. The van der Waals surface area contributed by atoms with Gasteiger partial charge in [-0.3, -0.25) is 14.4 Å². The molecule has 0 saturated carbocycles. The van der Waals surface area contributed by atoms with Crippen molar-refractivity contribution in [3.63, 3.8) is 0 Å². The molecular weight excluding hydrogens is 1010 g/mol. The number of hydrogen-bond acceptors (Lipinski definition) is 6. The Morgan fingerprint density at radius 2 is 0.476 bits per heavy atom. The summed E-state index contributed by atoms with van der Waals surface area (Å²) in [6.45, 7) is 6.35. The van der Waals surface area contributed by atoms with Crippen LogP contribution in [-0.4, -0.2) is 37.2 Å². The molecule has 0 bridgehead atoms. The van der Waals surface area contributed by atoms with E-state index in [0.717, 1.165) is 141 Å². The molecule has 0 heterocycles. The molecule has 0 aromatic rings. The lowest BCUT2D eigenvalue weighted by molar-refractivity contribution is -0.167. The Hall–Kier alpha value is -4.71. The van der Waals surface area contributed by atoms with Crippen LogP contribution in [0.15, 0.2) is 146 Å². The Bertz CT molecular complexity index is 1780. The van der Waals surface area contributed by atoms with Crippen LogP contribution in [0.2, 0.25) is 0 Å². The average molecular weight is 1130 g/mol. The van der Waals surface area contributed by atoms with Gasteiger partial charge in [-0.25, -0.2) is 0 Å². The highest BCUT2D eigenvalue weighted by atomic mass is 16.6. The molecule has 0 spiro atoms. The first-order chi connectivity index (χ1) is 40.5. The van der Waals surface area contributed by atoms with Gasteiger partial charge in [-0.2, -0.15) is 0 Å². The number of esters is 3. The molecule has 0 aromatic carbocycles. The van der Waals surface area contributed by atoms with Crippen LogP contribution in [0, 0.1) is 0 Å². The molecule has 0 radical (unpaired) electrons. The van der Waals surface area contributed by atoms with E-state index in [4.69, 9.17) is 14.2 Å². The van der Waals surface area contributed by atoms with Gasteiger partial charge in [0, 0.05) is 19.3 Å². The first kappa shape index (κ1) is 77.3. The summed E-state index contributed by atoms with van der Waals surface area (Å²) in [5.74, 6) is -0.904. The molecule has 0 amide bonds. The van der Waals surface area contributed by atoms with Crippen molar-refractivity contribution in [1.29, 1.82) is 0 Å². The van der Waals surface area contributed by atoms with Crippen LogP contribution in [0.4, 0.5) is 0 Å². The van der Waals surface area contributed by atoms with E-state index < -0.39 is 6.10 Å². The molecule has 1 atom stereocenters. The maximum atomic E-state index is 12.9. The van der Waals surface area contributed by atoms with Gasteiger partial charge in [0.05, 0.1) is 0 Å². The number of hydrogen-bond donors (Lipinski definition) is 0. The van der Waals surface area contributed by atoms with Gasteiger partial charge in [0.1, 0.15) is 13.2 Å². The quantitative estimate of drug-likeness (QED) is 0.0261. The normalized spacial score (nSPS) is 13.1. The van der Waals surface area contributed by atoms with Crippen molar-refractivity contribution in [2.45, 2.75) is 303 Å². The molecular formula is C76H124O6. The van der Waals surface area contributed by atoms with E-state index >= 15 is 0 Å². The highest BCUT2D eigenvalue weighted by Crippen LogP contribution is 2.16. The van der Waals surface area contributed by atoms with Gasteiger partial charge in [-0.1, -0.05) is 301 Å². The van der Waals surface area contributed by atoms with Crippen molar-refractivity contribution in [3.8, 4) is 0 Å². The molecule has 0 aromatic heterocycles. The Kier molecular flexibility index (Phi) is 64.8. The summed E-state index contributed by atoms with van der Waals surface area (Å²) in [6, 6.07) is 0. The van der Waals surface area contributed by atoms with Crippen LogP contribution in [0.1, 0.15) is 297 Å². The third-order valence-electron chi connectivity index (χ3n) is 14.1. The van der Waals surface area contributed by atoms with Gasteiger partial charge in [0.2, 0.25) is 0 Å².